The molecule has 1 atom stereocenters. The van der Waals surface area contributed by atoms with Gasteiger partial charge in [-0.15, -0.1) is 0 Å². The van der Waals surface area contributed by atoms with Gasteiger partial charge in [0.1, 0.15) is 0 Å². The van der Waals surface area contributed by atoms with E-state index in [1.165, 1.54) is 37.3 Å². The van der Waals surface area contributed by atoms with E-state index in [2.05, 4.69) is 42.3 Å². The molecule has 1 aliphatic heterocycles. The van der Waals surface area contributed by atoms with Crippen LogP contribution in [0.15, 0.2) is 6.20 Å². The molecule has 0 amide bonds. The van der Waals surface area contributed by atoms with Crippen molar-refractivity contribution in [3.8, 4) is 0 Å². The van der Waals surface area contributed by atoms with Gasteiger partial charge in [-0.25, -0.2) is 0 Å². The lowest BCUT2D eigenvalue weighted by molar-refractivity contribution is 0.312. The lowest BCUT2D eigenvalue weighted by Crippen LogP contribution is -2.28. The fourth-order valence-electron chi connectivity index (χ4n) is 3.05. The number of hydrogen-bond donors (Lipinski definition) is 1. The van der Waals surface area contributed by atoms with E-state index in [-0.39, 0.29) is 0 Å². The van der Waals surface area contributed by atoms with E-state index in [1.807, 2.05) is 11.7 Å². The van der Waals surface area contributed by atoms with Crippen LogP contribution in [0.5, 0.6) is 0 Å². The van der Waals surface area contributed by atoms with Gasteiger partial charge < -0.3 is 5.32 Å². The molecule has 2 heterocycles. The van der Waals surface area contributed by atoms with Crippen LogP contribution in [0.3, 0.4) is 0 Å². The molecule has 1 fully saturated rings. The average molecular weight is 278 g/mol. The van der Waals surface area contributed by atoms with Crippen LogP contribution in [0.1, 0.15) is 38.4 Å². The third-order valence-corrected chi connectivity index (χ3v) is 4.08. The summed E-state index contributed by atoms with van der Waals surface area (Å²) in [6.45, 7) is 12.5. The normalized spacial score (nSPS) is 20.1. The van der Waals surface area contributed by atoms with E-state index < -0.39 is 0 Å². The highest BCUT2D eigenvalue weighted by molar-refractivity contribution is 5.17. The zero-order valence-corrected chi connectivity index (χ0v) is 13.5. The number of hydrogen-bond acceptors (Lipinski definition) is 3. The number of aryl methyl sites for hydroxylation is 2. The fourth-order valence-corrected chi connectivity index (χ4v) is 3.05. The van der Waals surface area contributed by atoms with Crippen molar-refractivity contribution >= 4 is 0 Å². The number of rotatable bonds is 7. The Morgan fingerprint density at radius 1 is 1.45 bits per heavy atom. The number of nitrogens with one attached hydrogen (secondary N) is 1. The smallest absolute Gasteiger partial charge is 0.0666 e. The first-order chi connectivity index (χ1) is 9.58. The SMILES string of the molecule is CCc1nn(C)cc1CN1CCC(CNCC(C)C)C1. The van der Waals surface area contributed by atoms with Crippen LogP contribution in [0.4, 0.5) is 0 Å². The number of nitrogens with zero attached hydrogens (tertiary/aromatic N) is 3. The highest BCUT2D eigenvalue weighted by Gasteiger charge is 2.23. The minimum Gasteiger partial charge on any atom is -0.316 e. The molecule has 0 radical (unpaired) electrons. The molecular weight excluding hydrogens is 248 g/mol. The summed E-state index contributed by atoms with van der Waals surface area (Å²) in [5.41, 5.74) is 2.67. The lowest BCUT2D eigenvalue weighted by Gasteiger charge is -2.16. The minimum atomic E-state index is 0.745. The molecule has 1 aromatic heterocycles. The summed E-state index contributed by atoms with van der Waals surface area (Å²) < 4.78 is 1.95. The Bertz CT molecular complexity index is 411. The maximum absolute atomic E-state index is 4.54. The number of aromatic nitrogens is 2. The third-order valence-electron chi connectivity index (χ3n) is 4.08. The first kappa shape index (κ1) is 15.5. The van der Waals surface area contributed by atoms with Crippen molar-refractivity contribution in [2.45, 2.75) is 40.2 Å². The van der Waals surface area contributed by atoms with Crippen LogP contribution < -0.4 is 5.32 Å². The topological polar surface area (TPSA) is 33.1 Å². The van der Waals surface area contributed by atoms with Crippen molar-refractivity contribution in [2.24, 2.45) is 18.9 Å². The number of likely N-dealkylation sites (tertiary alicyclic amines) is 1. The lowest BCUT2D eigenvalue weighted by atomic mass is 10.1. The average Bonchev–Trinajstić information content (AvgIpc) is 2.96. The first-order valence-corrected chi connectivity index (χ1v) is 8.03. The zero-order chi connectivity index (χ0) is 14.5. The Kier molecular flexibility index (Phi) is 5.61. The largest absolute Gasteiger partial charge is 0.316 e. The maximum atomic E-state index is 4.54. The maximum Gasteiger partial charge on any atom is 0.0666 e. The van der Waals surface area contributed by atoms with Crippen LogP contribution in [0.2, 0.25) is 0 Å². The van der Waals surface area contributed by atoms with E-state index in [9.17, 15) is 0 Å². The molecule has 114 valence electrons. The van der Waals surface area contributed by atoms with Gasteiger partial charge in [0, 0.05) is 31.9 Å². The van der Waals surface area contributed by atoms with Crippen molar-refractivity contribution in [1.29, 1.82) is 0 Å². The van der Waals surface area contributed by atoms with Gasteiger partial charge in [0.2, 0.25) is 0 Å². The van der Waals surface area contributed by atoms with Crippen LogP contribution in [-0.4, -0.2) is 40.9 Å². The molecule has 1 aromatic rings. The molecule has 0 aliphatic carbocycles. The van der Waals surface area contributed by atoms with Gasteiger partial charge in [0.15, 0.2) is 0 Å². The Hall–Kier alpha value is -0.870. The van der Waals surface area contributed by atoms with E-state index in [1.54, 1.807) is 0 Å². The monoisotopic (exact) mass is 278 g/mol. The molecule has 1 saturated heterocycles. The van der Waals surface area contributed by atoms with Gasteiger partial charge in [-0.2, -0.15) is 5.10 Å². The van der Waals surface area contributed by atoms with Crippen molar-refractivity contribution in [3.05, 3.63) is 17.5 Å². The van der Waals surface area contributed by atoms with Gasteiger partial charge >= 0.3 is 0 Å². The molecule has 4 heteroatoms. The van der Waals surface area contributed by atoms with E-state index in [4.69, 9.17) is 0 Å². The molecule has 0 bridgehead atoms. The molecule has 4 nitrogen and oxygen atoms in total. The Morgan fingerprint density at radius 2 is 2.25 bits per heavy atom. The molecule has 2 rings (SSSR count). The Morgan fingerprint density at radius 3 is 2.95 bits per heavy atom. The second kappa shape index (κ2) is 7.23. The summed E-state index contributed by atoms with van der Waals surface area (Å²) in [4.78, 5) is 2.58. The van der Waals surface area contributed by atoms with Crippen molar-refractivity contribution in [2.75, 3.05) is 26.2 Å². The summed E-state index contributed by atoms with van der Waals surface area (Å²) in [6, 6.07) is 0. The predicted molar refractivity (Wildman–Crippen MR) is 83.7 cm³/mol. The standard InChI is InChI=1S/C16H30N4/c1-5-16-15(11-19(4)18-16)12-20-7-6-14(10-20)9-17-8-13(2)3/h11,13-14,17H,5-10,12H2,1-4H3. The molecule has 0 spiro atoms. The molecule has 1 N–H and O–H groups in total. The highest BCUT2D eigenvalue weighted by atomic mass is 15.3. The van der Waals surface area contributed by atoms with Crippen LogP contribution in [-0.2, 0) is 20.0 Å². The summed E-state index contributed by atoms with van der Waals surface area (Å²) in [6.07, 6.45) is 4.54. The predicted octanol–water partition coefficient (Wildman–Crippen LogP) is 2.05. The first-order valence-electron chi connectivity index (χ1n) is 8.03. The van der Waals surface area contributed by atoms with Crippen molar-refractivity contribution in [3.63, 3.8) is 0 Å². The summed E-state index contributed by atoms with van der Waals surface area (Å²) in [5, 5.41) is 8.13. The quantitative estimate of drug-likeness (QED) is 0.828. The van der Waals surface area contributed by atoms with Crippen LogP contribution in [0.25, 0.3) is 0 Å². The van der Waals surface area contributed by atoms with Gasteiger partial charge in [0.25, 0.3) is 0 Å². The van der Waals surface area contributed by atoms with Crippen LogP contribution >= 0.6 is 0 Å². The highest BCUT2D eigenvalue weighted by Crippen LogP contribution is 2.19. The molecule has 1 unspecified atom stereocenters. The van der Waals surface area contributed by atoms with E-state index in [0.29, 0.717) is 0 Å². The molecular formula is C16H30N4. The van der Waals surface area contributed by atoms with Gasteiger partial charge in [-0.1, -0.05) is 20.8 Å². The molecule has 1 aliphatic rings. The third kappa shape index (κ3) is 4.32. The summed E-state index contributed by atoms with van der Waals surface area (Å²) in [5.74, 6) is 1.56. The second-order valence-corrected chi connectivity index (χ2v) is 6.57. The molecule has 0 aromatic carbocycles. The zero-order valence-electron chi connectivity index (χ0n) is 13.5. The summed E-state index contributed by atoms with van der Waals surface area (Å²) in [7, 11) is 2.02. The fraction of sp³-hybridized carbons (Fsp3) is 0.812. The second-order valence-electron chi connectivity index (χ2n) is 6.57. The van der Waals surface area contributed by atoms with Gasteiger partial charge in [-0.3, -0.25) is 9.58 Å². The van der Waals surface area contributed by atoms with Crippen molar-refractivity contribution < 1.29 is 0 Å². The van der Waals surface area contributed by atoms with E-state index in [0.717, 1.165) is 31.3 Å². The molecule has 20 heavy (non-hydrogen) atoms. The minimum absolute atomic E-state index is 0.745. The Balaban J connectivity index is 1.78. The van der Waals surface area contributed by atoms with Crippen LogP contribution in [0, 0.1) is 11.8 Å². The van der Waals surface area contributed by atoms with Gasteiger partial charge in [0.05, 0.1) is 5.69 Å². The van der Waals surface area contributed by atoms with E-state index >= 15 is 0 Å². The van der Waals surface area contributed by atoms with Crippen molar-refractivity contribution in [1.82, 2.24) is 20.0 Å². The molecule has 0 saturated carbocycles. The summed E-state index contributed by atoms with van der Waals surface area (Å²) >= 11 is 0. The van der Waals surface area contributed by atoms with Gasteiger partial charge in [-0.05, 0) is 44.3 Å². The Labute approximate surface area is 123 Å².